The average molecular weight is 442 g/mol. The summed E-state index contributed by atoms with van der Waals surface area (Å²) in [7, 11) is 1.68. The number of hydrogen-bond donors (Lipinski definition) is 0. The first kappa shape index (κ1) is 19.7. The van der Waals surface area contributed by atoms with Crippen molar-refractivity contribution in [2.24, 2.45) is 0 Å². The van der Waals surface area contributed by atoms with E-state index in [9.17, 15) is 0 Å². The first-order valence-electron chi connectivity index (χ1n) is 9.83. The van der Waals surface area contributed by atoms with Crippen molar-refractivity contribution in [2.75, 3.05) is 7.11 Å². The van der Waals surface area contributed by atoms with E-state index in [1.165, 1.54) is 0 Å². The molecule has 0 saturated carbocycles. The Balaban J connectivity index is 1.82. The second-order valence-corrected chi connectivity index (χ2v) is 9.40. The third kappa shape index (κ3) is 3.92. The molecule has 5 rings (SSSR count). The van der Waals surface area contributed by atoms with Gasteiger partial charge >= 0.3 is 0 Å². The fourth-order valence-corrected chi connectivity index (χ4v) is 5.58. The minimum Gasteiger partial charge on any atom is -0.497 e. The fraction of sp³-hybridized carbons (Fsp3) is 0.0800. The van der Waals surface area contributed by atoms with E-state index < -0.39 is 0 Å². The predicted octanol–water partition coefficient (Wildman–Crippen LogP) is 6.89. The highest BCUT2D eigenvalue weighted by molar-refractivity contribution is 8.01. The first-order valence-corrected chi connectivity index (χ1v) is 11.5. The van der Waals surface area contributed by atoms with Gasteiger partial charge in [-0.3, -0.25) is 0 Å². The van der Waals surface area contributed by atoms with Gasteiger partial charge in [-0.2, -0.15) is 0 Å². The number of para-hydroxylation sites is 1. The van der Waals surface area contributed by atoms with Crippen LogP contribution in [0.15, 0.2) is 88.1 Å². The lowest BCUT2D eigenvalue weighted by Gasteiger charge is -2.17. The second-order valence-electron chi connectivity index (χ2n) is 6.97. The molecule has 0 bridgehead atoms. The van der Waals surface area contributed by atoms with Crippen molar-refractivity contribution in [2.45, 2.75) is 16.2 Å². The van der Waals surface area contributed by atoms with Gasteiger partial charge in [-0.1, -0.05) is 71.6 Å². The molecule has 0 atom stereocenters. The van der Waals surface area contributed by atoms with Gasteiger partial charge in [0, 0.05) is 21.4 Å². The summed E-state index contributed by atoms with van der Waals surface area (Å²) in [4.78, 5) is 6.16. The smallest absolute Gasteiger partial charge is 0.179 e. The van der Waals surface area contributed by atoms with Crippen molar-refractivity contribution in [1.82, 2.24) is 15.2 Å². The van der Waals surface area contributed by atoms with Gasteiger partial charge in [0.15, 0.2) is 4.34 Å². The zero-order valence-electron chi connectivity index (χ0n) is 17.1. The summed E-state index contributed by atoms with van der Waals surface area (Å²) in [5.74, 6) is 0.821. The third-order valence-electron chi connectivity index (χ3n) is 4.97. The molecule has 0 saturated heterocycles. The van der Waals surface area contributed by atoms with E-state index in [0.29, 0.717) is 0 Å². The Morgan fingerprint density at radius 1 is 0.806 bits per heavy atom. The minimum atomic E-state index is 0.821. The Bertz CT molecular complexity index is 1350. The van der Waals surface area contributed by atoms with E-state index in [4.69, 9.17) is 9.72 Å². The van der Waals surface area contributed by atoms with Crippen LogP contribution in [0.5, 0.6) is 5.75 Å². The Kier molecular flexibility index (Phi) is 5.40. The van der Waals surface area contributed by atoms with Crippen molar-refractivity contribution in [3.63, 3.8) is 0 Å². The van der Waals surface area contributed by atoms with Gasteiger partial charge in [0.05, 0.1) is 18.3 Å². The number of pyridine rings is 1. The summed E-state index contributed by atoms with van der Waals surface area (Å²) in [6.07, 6.45) is 0. The van der Waals surface area contributed by atoms with Crippen LogP contribution in [-0.2, 0) is 0 Å². The molecule has 4 nitrogen and oxygen atoms in total. The zero-order chi connectivity index (χ0) is 21.2. The molecule has 0 aliphatic carbocycles. The number of hydrogen-bond acceptors (Lipinski definition) is 6. The van der Waals surface area contributed by atoms with Gasteiger partial charge in [0.25, 0.3) is 0 Å². The standard InChI is InChI=1S/C25H19N3OS2/c1-16-27-28-25(30-16)31-24-22(17-8-4-3-5-9-17)20-10-6-7-11-21(20)26-23(24)18-12-14-19(29-2)15-13-18/h3-15H,1-2H3. The molecule has 0 N–H and O–H groups in total. The van der Waals surface area contributed by atoms with E-state index in [1.54, 1.807) is 30.2 Å². The molecule has 6 heteroatoms. The summed E-state index contributed by atoms with van der Waals surface area (Å²) in [5, 5.41) is 10.7. The van der Waals surface area contributed by atoms with E-state index >= 15 is 0 Å². The summed E-state index contributed by atoms with van der Waals surface area (Å²) < 4.78 is 6.26. The van der Waals surface area contributed by atoms with Crippen LogP contribution in [0.25, 0.3) is 33.3 Å². The maximum absolute atomic E-state index is 5.35. The third-order valence-corrected chi connectivity index (χ3v) is 6.96. The molecule has 0 amide bonds. The van der Waals surface area contributed by atoms with E-state index in [2.05, 4.69) is 64.8 Å². The topological polar surface area (TPSA) is 47.9 Å². The summed E-state index contributed by atoms with van der Waals surface area (Å²) in [6.45, 7) is 1.98. The maximum Gasteiger partial charge on any atom is 0.179 e. The number of nitrogens with zero attached hydrogens (tertiary/aromatic N) is 3. The first-order chi connectivity index (χ1) is 15.2. The zero-order valence-corrected chi connectivity index (χ0v) is 18.7. The van der Waals surface area contributed by atoms with Gasteiger partial charge < -0.3 is 4.74 Å². The number of methoxy groups -OCH3 is 1. The Hall–Kier alpha value is -3.22. The SMILES string of the molecule is COc1ccc(-c2nc3ccccc3c(-c3ccccc3)c2Sc2nnc(C)s2)cc1. The number of rotatable bonds is 5. The lowest BCUT2D eigenvalue weighted by atomic mass is 9.98. The molecule has 0 aliphatic heterocycles. The van der Waals surface area contributed by atoms with Crippen molar-refractivity contribution in [3.05, 3.63) is 83.9 Å². The average Bonchev–Trinajstić information content (AvgIpc) is 3.24. The number of aromatic nitrogens is 3. The lowest BCUT2D eigenvalue weighted by molar-refractivity contribution is 0.415. The molecule has 3 aromatic carbocycles. The molecule has 0 radical (unpaired) electrons. The van der Waals surface area contributed by atoms with Gasteiger partial charge in [0.1, 0.15) is 10.8 Å². The van der Waals surface area contributed by atoms with Crippen LogP contribution in [0.3, 0.4) is 0 Å². The summed E-state index contributed by atoms with van der Waals surface area (Å²) >= 11 is 3.22. The van der Waals surface area contributed by atoms with E-state index in [-0.39, 0.29) is 0 Å². The highest BCUT2D eigenvalue weighted by atomic mass is 32.2. The summed E-state index contributed by atoms with van der Waals surface area (Å²) in [5.41, 5.74) is 5.24. The Labute approximate surface area is 189 Å². The Morgan fingerprint density at radius 3 is 2.26 bits per heavy atom. The molecular formula is C25H19N3OS2. The maximum atomic E-state index is 5.35. The van der Waals surface area contributed by atoms with Crippen LogP contribution in [0, 0.1) is 6.92 Å². The minimum absolute atomic E-state index is 0.821. The van der Waals surface area contributed by atoms with Crippen LogP contribution >= 0.6 is 23.1 Å². The van der Waals surface area contributed by atoms with Crippen LogP contribution in [0.1, 0.15) is 5.01 Å². The van der Waals surface area contributed by atoms with E-state index in [0.717, 1.165) is 53.3 Å². The van der Waals surface area contributed by atoms with Gasteiger partial charge in [0.2, 0.25) is 0 Å². The predicted molar refractivity (Wildman–Crippen MR) is 128 cm³/mol. The normalized spacial score (nSPS) is 11.0. The number of benzene rings is 3. The number of aryl methyl sites for hydroxylation is 1. The van der Waals surface area contributed by atoms with Crippen molar-refractivity contribution in [3.8, 4) is 28.1 Å². The molecule has 5 aromatic rings. The molecule has 2 heterocycles. The highest BCUT2D eigenvalue weighted by Gasteiger charge is 2.20. The second kappa shape index (κ2) is 8.49. The molecule has 152 valence electrons. The van der Waals surface area contributed by atoms with Gasteiger partial charge in [-0.25, -0.2) is 4.98 Å². The number of fused-ring (bicyclic) bond motifs is 1. The van der Waals surface area contributed by atoms with Crippen LogP contribution < -0.4 is 4.74 Å². The molecule has 31 heavy (non-hydrogen) atoms. The fourth-order valence-electron chi connectivity index (χ4n) is 3.54. The van der Waals surface area contributed by atoms with Gasteiger partial charge in [-0.15, -0.1) is 10.2 Å². The molecule has 0 unspecified atom stereocenters. The lowest BCUT2D eigenvalue weighted by Crippen LogP contribution is -1.95. The molecular weight excluding hydrogens is 422 g/mol. The largest absolute Gasteiger partial charge is 0.497 e. The quantitative estimate of drug-likeness (QED) is 0.297. The van der Waals surface area contributed by atoms with E-state index in [1.807, 2.05) is 31.2 Å². The molecule has 2 aromatic heterocycles. The monoisotopic (exact) mass is 441 g/mol. The molecule has 0 spiro atoms. The Morgan fingerprint density at radius 2 is 1.55 bits per heavy atom. The van der Waals surface area contributed by atoms with Crippen molar-refractivity contribution < 1.29 is 4.74 Å². The molecule has 0 aliphatic rings. The van der Waals surface area contributed by atoms with Crippen LogP contribution in [-0.4, -0.2) is 22.3 Å². The van der Waals surface area contributed by atoms with Crippen molar-refractivity contribution >= 4 is 34.0 Å². The van der Waals surface area contributed by atoms with Crippen LogP contribution in [0.2, 0.25) is 0 Å². The highest BCUT2D eigenvalue weighted by Crippen LogP contribution is 2.45. The number of ether oxygens (including phenoxy) is 1. The van der Waals surface area contributed by atoms with Gasteiger partial charge in [-0.05, 0) is 42.8 Å². The molecule has 0 fully saturated rings. The summed E-state index contributed by atoms with van der Waals surface area (Å²) in [6, 6.07) is 26.8. The van der Waals surface area contributed by atoms with Crippen LogP contribution in [0.4, 0.5) is 0 Å². The van der Waals surface area contributed by atoms with Crippen molar-refractivity contribution in [1.29, 1.82) is 0 Å².